The zero-order chi connectivity index (χ0) is 19.1. The van der Waals surface area contributed by atoms with Crippen molar-refractivity contribution >= 4 is 61.5 Å². The zero-order valence-corrected chi connectivity index (χ0v) is 17.3. The second-order valence-corrected chi connectivity index (χ2v) is 8.14. The first kappa shape index (κ1) is 18.7. The summed E-state index contributed by atoms with van der Waals surface area (Å²) in [6.07, 6.45) is 4.68. The van der Waals surface area contributed by atoms with Crippen molar-refractivity contribution in [1.29, 1.82) is 0 Å². The molecule has 1 aliphatic heterocycles. The van der Waals surface area contributed by atoms with Crippen LogP contribution < -0.4 is 5.73 Å². The first-order chi connectivity index (χ1) is 13.0. The third kappa shape index (κ3) is 3.47. The highest BCUT2D eigenvalue weighted by atomic mass is 79.9. The number of nitrogens with zero attached hydrogens (tertiary/aromatic N) is 2. The van der Waals surface area contributed by atoms with Crippen molar-refractivity contribution in [3.8, 4) is 0 Å². The molecule has 0 spiro atoms. The van der Waals surface area contributed by atoms with Crippen molar-refractivity contribution in [2.75, 3.05) is 12.3 Å². The van der Waals surface area contributed by atoms with Gasteiger partial charge in [0.05, 0.1) is 10.0 Å². The van der Waals surface area contributed by atoms with E-state index in [4.69, 9.17) is 33.7 Å². The number of nitrogens with two attached hydrogens (primary N) is 1. The van der Waals surface area contributed by atoms with Crippen LogP contribution in [0.15, 0.2) is 34.9 Å². The first-order valence-corrected chi connectivity index (χ1v) is 10.1. The third-order valence-corrected chi connectivity index (χ3v) is 6.18. The molecule has 2 N–H and O–H groups in total. The van der Waals surface area contributed by atoms with E-state index in [9.17, 15) is 4.79 Å². The van der Waals surface area contributed by atoms with Gasteiger partial charge in [-0.2, -0.15) is 5.10 Å². The van der Waals surface area contributed by atoms with E-state index in [1.165, 1.54) is 0 Å². The number of nitrogen functional groups attached to an aromatic ring is 1. The molecule has 5 nitrogen and oxygen atoms in total. The van der Waals surface area contributed by atoms with Crippen molar-refractivity contribution < 1.29 is 9.53 Å². The second kappa shape index (κ2) is 7.43. The molecular weight excluding hydrogens is 453 g/mol. The fourth-order valence-corrected chi connectivity index (χ4v) is 4.00. The summed E-state index contributed by atoms with van der Waals surface area (Å²) >= 11 is 15.8. The van der Waals surface area contributed by atoms with Gasteiger partial charge >= 0.3 is 0 Å². The van der Waals surface area contributed by atoms with Crippen LogP contribution in [0.25, 0.3) is 10.9 Å². The van der Waals surface area contributed by atoms with Gasteiger partial charge in [0.2, 0.25) is 0 Å². The molecule has 8 heteroatoms. The lowest BCUT2D eigenvalue weighted by Gasteiger charge is -2.22. The predicted octanol–water partition coefficient (Wildman–Crippen LogP) is 5.62. The number of fused-ring (bicyclic) bond motifs is 1. The maximum atomic E-state index is 13.2. The minimum atomic E-state index is -0.229. The molecule has 0 saturated carbocycles. The normalized spacial score (nSPS) is 17.4. The molecular formula is C19H16BrCl2N3O2. The van der Waals surface area contributed by atoms with Crippen LogP contribution in [0, 0.1) is 0 Å². The van der Waals surface area contributed by atoms with Gasteiger partial charge in [-0.25, -0.2) is 4.68 Å². The summed E-state index contributed by atoms with van der Waals surface area (Å²) in [5.41, 5.74) is 7.78. The first-order valence-electron chi connectivity index (χ1n) is 8.54. The van der Waals surface area contributed by atoms with Gasteiger partial charge in [-0.15, -0.1) is 0 Å². The highest BCUT2D eigenvalue weighted by Crippen LogP contribution is 2.33. The molecule has 3 aromatic rings. The minimum Gasteiger partial charge on any atom is -0.398 e. The SMILES string of the molecule is Nc1cc(Br)c(Cl)cc1C(=O)c1ccc(Cl)c2nn(C3CCCCO3)cc12. The average Bonchev–Trinajstić information content (AvgIpc) is 3.11. The summed E-state index contributed by atoms with van der Waals surface area (Å²) < 4.78 is 8.19. The van der Waals surface area contributed by atoms with Crippen LogP contribution in [-0.4, -0.2) is 22.2 Å². The number of rotatable bonds is 3. The number of benzene rings is 2. The molecule has 2 heterocycles. The van der Waals surface area contributed by atoms with Gasteiger partial charge in [-0.3, -0.25) is 4.79 Å². The lowest BCUT2D eigenvalue weighted by molar-refractivity contribution is -0.0390. The van der Waals surface area contributed by atoms with Gasteiger partial charge < -0.3 is 10.5 Å². The number of aromatic nitrogens is 2. The van der Waals surface area contributed by atoms with E-state index >= 15 is 0 Å². The van der Waals surface area contributed by atoms with Crippen LogP contribution in [0.2, 0.25) is 10.0 Å². The van der Waals surface area contributed by atoms with Gasteiger partial charge in [0.15, 0.2) is 5.78 Å². The second-order valence-electron chi connectivity index (χ2n) is 6.47. The number of ether oxygens (including phenoxy) is 1. The lowest BCUT2D eigenvalue weighted by atomic mass is 9.99. The molecule has 0 amide bonds. The van der Waals surface area contributed by atoms with Crippen molar-refractivity contribution in [3.05, 3.63) is 56.1 Å². The Balaban J connectivity index is 1.82. The minimum absolute atomic E-state index is 0.141. The van der Waals surface area contributed by atoms with Gasteiger partial charge in [0.1, 0.15) is 11.7 Å². The molecule has 140 valence electrons. The molecule has 0 radical (unpaired) electrons. The number of hydrogen-bond donors (Lipinski definition) is 1. The Morgan fingerprint density at radius 3 is 2.78 bits per heavy atom. The molecule has 27 heavy (non-hydrogen) atoms. The largest absolute Gasteiger partial charge is 0.398 e. The summed E-state index contributed by atoms with van der Waals surface area (Å²) in [7, 11) is 0. The maximum Gasteiger partial charge on any atom is 0.195 e. The Morgan fingerprint density at radius 1 is 1.22 bits per heavy atom. The summed E-state index contributed by atoms with van der Waals surface area (Å²) in [5, 5.41) is 6.14. The van der Waals surface area contributed by atoms with Crippen molar-refractivity contribution in [2.45, 2.75) is 25.5 Å². The zero-order valence-electron chi connectivity index (χ0n) is 14.2. The molecule has 1 fully saturated rings. The lowest BCUT2D eigenvalue weighted by Crippen LogP contribution is -2.18. The van der Waals surface area contributed by atoms with E-state index in [1.807, 2.05) is 6.20 Å². The number of ketones is 1. The van der Waals surface area contributed by atoms with Crippen LogP contribution in [0.4, 0.5) is 5.69 Å². The van der Waals surface area contributed by atoms with Crippen LogP contribution in [-0.2, 0) is 4.74 Å². The summed E-state index contributed by atoms with van der Waals surface area (Å²) in [5.74, 6) is -0.229. The number of carbonyl (C=O) groups is 1. The Morgan fingerprint density at radius 2 is 2.04 bits per heavy atom. The molecule has 1 saturated heterocycles. The van der Waals surface area contributed by atoms with Gasteiger partial charge in [0.25, 0.3) is 0 Å². The quantitative estimate of drug-likeness (QED) is 0.400. The molecule has 2 aromatic carbocycles. The number of hydrogen-bond acceptors (Lipinski definition) is 4. The third-order valence-electron chi connectivity index (χ3n) is 4.68. The smallest absolute Gasteiger partial charge is 0.195 e. The summed E-state index contributed by atoms with van der Waals surface area (Å²) in [4.78, 5) is 13.2. The maximum absolute atomic E-state index is 13.2. The Hall–Kier alpha value is -1.60. The average molecular weight is 469 g/mol. The van der Waals surface area contributed by atoms with Gasteiger partial charge in [-0.1, -0.05) is 23.2 Å². The van der Waals surface area contributed by atoms with Gasteiger partial charge in [-0.05, 0) is 59.5 Å². The Kier molecular flexibility index (Phi) is 5.16. The molecule has 1 aromatic heterocycles. The van der Waals surface area contributed by atoms with Gasteiger partial charge in [0, 0.05) is 39.5 Å². The number of anilines is 1. The molecule has 1 aliphatic rings. The van der Waals surface area contributed by atoms with Crippen LogP contribution in [0.5, 0.6) is 0 Å². The number of halogens is 3. The van der Waals surface area contributed by atoms with E-state index < -0.39 is 0 Å². The Bertz CT molecular complexity index is 1050. The van der Waals surface area contributed by atoms with Crippen molar-refractivity contribution in [1.82, 2.24) is 9.78 Å². The van der Waals surface area contributed by atoms with E-state index in [-0.39, 0.29) is 12.0 Å². The van der Waals surface area contributed by atoms with Crippen LogP contribution in [0.3, 0.4) is 0 Å². The molecule has 4 rings (SSSR count). The van der Waals surface area contributed by atoms with E-state index in [2.05, 4.69) is 21.0 Å². The van der Waals surface area contributed by atoms with Crippen molar-refractivity contribution in [2.24, 2.45) is 0 Å². The topological polar surface area (TPSA) is 70.1 Å². The fraction of sp³-hybridized carbons (Fsp3) is 0.263. The fourth-order valence-electron chi connectivity index (χ4n) is 3.27. The number of carbonyl (C=O) groups excluding carboxylic acids is 1. The monoisotopic (exact) mass is 467 g/mol. The van der Waals surface area contributed by atoms with Crippen LogP contribution >= 0.6 is 39.1 Å². The molecule has 1 unspecified atom stereocenters. The summed E-state index contributed by atoms with van der Waals surface area (Å²) in [6.45, 7) is 0.703. The Labute approximate surface area is 174 Å². The van der Waals surface area contributed by atoms with Crippen LogP contribution in [0.1, 0.15) is 41.4 Å². The highest BCUT2D eigenvalue weighted by Gasteiger charge is 2.22. The molecule has 1 atom stereocenters. The van der Waals surface area contributed by atoms with E-state index in [0.717, 1.165) is 19.3 Å². The molecule has 0 bridgehead atoms. The standard InChI is InChI=1S/C19H16BrCl2N3O2/c20-13-8-16(23)11(7-15(13)22)19(26)10-4-5-14(21)18-12(10)9-25(24-18)17-3-1-2-6-27-17/h4-5,7-9,17H,1-3,6,23H2. The summed E-state index contributed by atoms with van der Waals surface area (Å²) in [6, 6.07) is 6.56. The van der Waals surface area contributed by atoms with E-state index in [0.29, 0.717) is 48.8 Å². The van der Waals surface area contributed by atoms with E-state index in [1.54, 1.807) is 28.9 Å². The predicted molar refractivity (Wildman–Crippen MR) is 111 cm³/mol. The van der Waals surface area contributed by atoms with Crippen molar-refractivity contribution in [3.63, 3.8) is 0 Å². The molecule has 0 aliphatic carbocycles. The highest BCUT2D eigenvalue weighted by molar-refractivity contribution is 9.10.